The molecule has 0 saturated carbocycles. The molecule has 1 aromatic heterocycles. The minimum Gasteiger partial charge on any atom is -0.370 e. The number of rotatable bonds is 8. The van der Waals surface area contributed by atoms with Gasteiger partial charge in [0.1, 0.15) is 12.0 Å². The molecule has 0 amide bonds. The van der Waals surface area contributed by atoms with Crippen molar-refractivity contribution < 1.29 is 13.3 Å². The van der Waals surface area contributed by atoms with Crippen molar-refractivity contribution in [3.63, 3.8) is 0 Å². The van der Waals surface area contributed by atoms with E-state index in [4.69, 9.17) is 0 Å². The Morgan fingerprint density at radius 2 is 2.14 bits per heavy atom. The lowest BCUT2D eigenvalue weighted by molar-refractivity contribution is -0.385. The molecule has 0 bridgehead atoms. The van der Waals surface area contributed by atoms with Crippen LogP contribution in [0.1, 0.15) is 18.9 Å². The Balaban J connectivity index is 2.52. The van der Waals surface area contributed by atoms with Gasteiger partial charge in [-0.1, -0.05) is 6.92 Å². The van der Waals surface area contributed by atoms with Gasteiger partial charge in [-0.2, -0.15) is 0 Å². The average molecular weight is 316 g/mol. The second-order valence-corrected chi connectivity index (χ2v) is 6.63. The van der Waals surface area contributed by atoms with E-state index < -0.39 is 14.9 Å². The van der Waals surface area contributed by atoms with Crippen molar-refractivity contribution in [1.29, 1.82) is 0 Å². The highest BCUT2D eigenvalue weighted by Gasteiger charge is 2.13. The van der Waals surface area contributed by atoms with Gasteiger partial charge in [0, 0.05) is 25.7 Å². The molecule has 0 spiro atoms. The molecule has 0 aliphatic heterocycles. The lowest BCUT2D eigenvalue weighted by atomic mass is 10.2. The number of aromatic nitrogens is 1. The summed E-state index contributed by atoms with van der Waals surface area (Å²) in [5, 5.41) is 13.7. The van der Waals surface area contributed by atoms with E-state index in [1.807, 2.05) is 0 Å². The van der Waals surface area contributed by atoms with Gasteiger partial charge in [-0.15, -0.1) is 0 Å². The average Bonchev–Trinajstić information content (AvgIpc) is 2.38. The third-order valence-electron chi connectivity index (χ3n) is 2.97. The number of aryl methyl sites for hydroxylation is 1. The van der Waals surface area contributed by atoms with Gasteiger partial charge in [-0.05, 0) is 18.9 Å². The van der Waals surface area contributed by atoms with Gasteiger partial charge in [0.05, 0.1) is 11.2 Å². The van der Waals surface area contributed by atoms with Crippen LogP contribution in [0.25, 0.3) is 0 Å². The number of anilines is 1. The molecule has 0 fully saturated rings. The molecule has 1 aromatic rings. The van der Waals surface area contributed by atoms with Crippen molar-refractivity contribution in [2.75, 3.05) is 31.2 Å². The van der Waals surface area contributed by atoms with E-state index in [1.165, 1.54) is 22.8 Å². The van der Waals surface area contributed by atoms with E-state index in [0.717, 1.165) is 0 Å². The Hall–Kier alpha value is -1.74. The van der Waals surface area contributed by atoms with Gasteiger partial charge in [-0.3, -0.25) is 10.1 Å². The summed E-state index contributed by atoms with van der Waals surface area (Å²) >= 11 is 0. The third-order valence-corrected chi connectivity index (χ3v) is 4.35. The number of nitrogens with one attached hydrogen (secondary N) is 1. The van der Waals surface area contributed by atoms with Crippen LogP contribution in [0.5, 0.6) is 0 Å². The highest BCUT2D eigenvalue weighted by atomic mass is 32.2. The van der Waals surface area contributed by atoms with Crippen LogP contribution in [0.15, 0.2) is 12.3 Å². The van der Waals surface area contributed by atoms with Crippen molar-refractivity contribution in [2.24, 2.45) is 0 Å². The number of pyridine rings is 1. The highest BCUT2D eigenvalue weighted by molar-refractivity contribution is 7.88. The number of nitro groups is 1. The zero-order chi connectivity index (χ0) is 16.0. The molecule has 21 heavy (non-hydrogen) atoms. The van der Waals surface area contributed by atoms with E-state index in [0.29, 0.717) is 37.4 Å². The van der Waals surface area contributed by atoms with E-state index >= 15 is 0 Å². The molecule has 1 N–H and O–H groups in total. The topological polar surface area (TPSA) is 105 Å². The van der Waals surface area contributed by atoms with Crippen molar-refractivity contribution in [3.05, 3.63) is 27.9 Å². The SMILES string of the molecule is CCN(CCCNc1ncc([N+](=O)[O-])cc1C)S(C)(=O)=O. The predicted octanol–water partition coefficient (Wildman–Crippen LogP) is 1.38. The Morgan fingerprint density at radius 1 is 1.48 bits per heavy atom. The molecule has 0 atom stereocenters. The van der Waals surface area contributed by atoms with Crippen molar-refractivity contribution >= 4 is 21.5 Å². The smallest absolute Gasteiger partial charge is 0.287 e. The summed E-state index contributed by atoms with van der Waals surface area (Å²) in [7, 11) is -3.17. The van der Waals surface area contributed by atoms with Crippen LogP contribution in [-0.4, -0.2) is 48.5 Å². The molecule has 118 valence electrons. The Bertz CT molecular complexity index is 603. The summed E-state index contributed by atoms with van der Waals surface area (Å²) in [5.74, 6) is 0.572. The lowest BCUT2D eigenvalue weighted by Crippen LogP contribution is -2.31. The quantitative estimate of drug-likeness (QED) is 0.441. The zero-order valence-electron chi connectivity index (χ0n) is 12.4. The molecule has 9 heteroatoms. The predicted molar refractivity (Wildman–Crippen MR) is 80.8 cm³/mol. The molecule has 0 aliphatic carbocycles. The first-order valence-electron chi connectivity index (χ1n) is 6.55. The maximum atomic E-state index is 11.4. The Morgan fingerprint density at radius 3 is 2.62 bits per heavy atom. The minimum absolute atomic E-state index is 0.0488. The van der Waals surface area contributed by atoms with Crippen LogP contribution < -0.4 is 5.32 Å². The fourth-order valence-corrected chi connectivity index (χ4v) is 2.80. The van der Waals surface area contributed by atoms with Crippen molar-refractivity contribution in [1.82, 2.24) is 9.29 Å². The molecule has 0 aromatic carbocycles. The second kappa shape index (κ2) is 7.32. The first kappa shape index (κ1) is 17.3. The Kier molecular flexibility index (Phi) is 6.03. The summed E-state index contributed by atoms with van der Waals surface area (Å²) in [6.45, 7) is 4.92. The zero-order valence-corrected chi connectivity index (χ0v) is 13.2. The molecule has 1 rings (SSSR count). The lowest BCUT2D eigenvalue weighted by Gasteiger charge is -2.17. The number of hydrogen-bond donors (Lipinski definition) is 1. The number of sulfonamides is 1. The summed E-state index contributed by atoms with van der Waals surface area (Å²) < 4.78 is 24.2. The summed E-state index contributed by atoms with van der Waals surface area (Å²) in [6.07, 6.45) is 3.01. The standard InChI is InChI=1S/C12H20N4O4S/c1-4-15(21(3,19)20)7-5-6-13-12-10(2)8-11(9-14-12)16(17)18/h8-9H,4-7H2,1-3H3,(H,13,14). The molecule has 8 nitrogen and oxygen atoms in total. The van der Waals surface area contributed by atoms with Crippen LogP contribution in [-0.2, 0) is 10.0 Å². The first-order valence-corrected chi connectivity index (χ1v) is 8.40. The van der Waals surface area contributed by atoms with Gasteiger partial charge in [0.2, 0.25) is 10.0 Å². The maximum Gasteiger partial charge on any atom is 0.287 e. The summed E-state index contributed by atoms with van der Waals surface area (Å²) in [5.41, 5.74) is 0.631. The van der Waals surface area contributed by atoms with Gasteiger partial charge >= 0.3 is 0 Å². The van der Waals surface area contributed by atoms with Gasteiger partial charge in [0.25, 0.3) is 5.69 Å². The largest absolute Gasteiger partial charge is 0.370 e. The van der Waals surface area contributed by atoms with Crippen molar-refractivity contribution in [2.45, 2.75) is 20.3 Å². The fourth-order valence-electron chi connectivity index (χ4n) is 1.87. The van der Waals surface area contributed by atoms with Crippen molar-refractivity contribution in [3.8, 4) is 0 Å². The van der Waals surface area contributed by atoms with E-state index in [-0.39, 0.29) is 5.69 Å². The minimum atomic E-state index is -3.17. The number of hydrogen-bond acceptors (Lipinski definition) is 6. The normalized spacial score (nSPS) is 11.6. The summed E-state index contributed by atoms with van der Waals surface area (Å²) in [6, 6.07) is 1.45. The van der Waals surface area contributed by atoms with Gasteiger partial charge in [-0.25, -0.2) is 17.7 Å². The fraction of sp³-hybridized carbons (Fsp3) is 0.583. The third kappa shape index (κ3) is 5.27. The molecular weight excluding hydrogens is 296 g/mol. The molecule has 0 unspecified atom stereocenters. The van der Waals surface area contributed by atoms with E-state index in [9.17, 15) is 18.5 Å². The van der Waals surface area contributed by atoms with E-state index in [1.54, 1.807) is 13.8 Å². The van der Waals surface area contributed by atoms with Crippen LogP contribution in [0.4, 0.5) is 11.5 Å². The molecular formula is C12H20N4O4S. The maximum absolute atomic E-state index is 11.4. The molecule has 1 heterocycles. The van der Waals surface area contributed by atoms with Crippen LogP contribution in [0, 0.1) is 17.0 Å². The molecule has 0 aliphatic rings. The van der Waals surface area contributed by atoms with Gasteiger partial charge < -0.3 is 5.32 Å². The van der Waals surface area contributed by atoms with E-state index in [2.05, 4.69) is 10.3 Å². The first-order chi connectivity index (χ1) is 9.75. The van der Waals surface area contributed by atoms with Gasteiger partial charge in [0.15, 0.2) is 0 Å². The van der Waals surface area contributed by atoms with Crippen LogP contribution >= 0.6 is 0 Å². The second-order valence-electron chi connectivity index (χ2n) is 4.65. The molecule has 0 radical (unpaired) electrons. The summed E-state index contributed by atoms with van der Waals surface area (Å²) in [4.78, 5) is 14.1. The van der Waals surface area contributed by atoms with Crippen LogP contribution in [0.2, 0.25) is 0 Å². The molecule has 0 saturated heterocycles. The monoisotopic (exact) mass is 316 g/mol. The number of nitrogens with zero attached hydrogens (tertiary/aromatic N) is 3. The van der Waals surface area contributed by atoms with Crippen LogP contribution in [0.3, 0.4) is 0 Å². The highest BCUT2D eigenvalue weighted by Crippen LogP contribution is 2.17. The Labute approximate surface area is 124 Å².